The van der Waals surface area contributed by atoms with E-state index in [1.54, 1.807) is 6.92 Å². The van der Waals surface area contributed by atoms with Crippen LogP contribution in [0.1, 0.15) is 19.8 Å². The molecule has 2 N–H and O–H groups in total. The minimum absolute atomic E-state index is 0.00909. The van der Waals surface area contributed by atoms with Crippen LogP contribution in [0, 0.1) is 0 Å². The first-order valence-corrected chi connectivity index (χ1v) is 4.38. The van der Waals surface area contributed by atoms with Gasteiger partial charge < -0.3 is 10.6 Å². The smallest absolute Gasteiger partial charge is 0.358 e. The summed E-state index contributed by atoms with van der Waals surface area (Å²) in [6, 6.07) is -0.451. The van der Waals surface area contributed by atoms with Crippen LogP contribution >= 0.6 is 0 Å². The van der Waals surface area contributed by atoms with Gasteiger partial charge in [0, 0.05) is 13.5 Å². The normalized spacial score (nSPS) is 13.8. The predicted octanol–water partition coefficient (Wildman–Crippen LogP) is 1.05. The Bertz CT molecular complexity index is 182. The fourth-order valence-corrected chi connectivity index (χ4v) is 0.917. The molecular formula is C8H15F3N2O. The van der Waals surface area contributed by atoms with E-state index < -0.39 is 18.6 Å². The Labute approximate surface area is 81.1 Å². The largest absolute Gasteiger partial charge is 0.389 e. The van der Waals surface area contributed by atoms with Gasteiger partial charge in [0.05, 0.1) is 6.04 Å². The van der Waals surface area contributed by atoms with Crippen molar-refractivity contribution in [2.75, 3.05) is 13.6 Å². The van der Waals surface area contributed by atoms with Crippen molar-refractivity contribution >= 4 is 5.91 Å². The average molecular weight is 212 g/mol. The highest BCUT2D eigenvalue weighted by Crippen LogP contribution is 2.20. The molecule has 0 radical (unpaired) electrons. The minimum Gasteiger partial charge on any atom is -0.358 e. The van der Waals surface area contributed by atoms with Crippen molar-refractivity contribution < 1.29 is 18.0 Å². The molecule has 1 atom stereocenters. The van der Waals surface area contributed by atoms with Crippen molar-refractivity contribution in [3.63, 3.8) is 0 Å². The molecule has 14 heavy (non-hydrogen) atoms. The number of halogens is 3. The highest BCUT2D eigenvalue weighted by Gasteiger charge is 2.26. The SMILES string of the molecule is CNC(=O)C(C)NCCCC(F)(F)F. The van der Waals surface area contributed by atoms with Crippen molar-refractivity contribution in [2.24, 2.45) is 0 Å². The molecule has 0 heterocycles. The second kappa shape index (κ2) is 5.85. The molecule has 0 saturated carbocycles. The molecule has 0 fully saturated rings. The Balaban J connectivity index is 3.50. The standard InChI is InChI=1S/C8H15F3N2O/c1-6(7(14)12-2)13-5-3-4-8(9,10)11/h6,13H,3-5H2,1-2H3,(H,12,14). The molecule has 0 aromatic heterocycles. The zero-order chi connectivity index (χ0) is 11.2. The molecule has 0 aliphatic heterocycles. The number of hydrogen-bond donors (Lipinski definition) is 2. The van der Waals surface area contributed by atoms with Crippen molar-refractivity contribution in [2.45, 2.75) is 32.0 Å². The van der Waals surface area contributed by atoms with E-state index in [1.807, 2.05) is 0 Å². The number of carbonyl (C=O) groups is 1. The van der Waals surface area contributed by atoms with E-state index in [0.29, 0.717) is 0 Å². The Morgan fingerprint density at radius 2 is 2.00 bits per heavy atom. The highest BCUT2D eigenvalue weighted by molar-refractivity contribution is 5.80. The Morgan fingerprint density at radius 3 is 2.43 bits per heavy atom. The van der Waals surface area contributed by atoms with Crippen LogP contribution in [0.4, 0.5) is 13.2 Å². The van der Waals surface area contributed by atoms with E-state index in [2.05, 4.69) is 10.6 Å². The quantitative estimate of drug-likeness (QED) is 0.669. The zero-order valence-electron chi connectivity index (χ0n) is 8.24. The van der Waals surface area contributed by atoms with Crippen molar-refractivity contribution in [3.8, 4) is 0 Å². The van der Waals surface area contributed by atoms with Gasteiger partial charge in [-0.1, -0.05) is 0 Å². The Kier molecular flexibility index (Phi) is 5.52. The lowest BCUT2D eigenvalue weighted by Gasteiger charge is -2.12. The van der Waals surface area contributed by atoms with Gasteiger partial charge in [0.2, 0.25) is 5.91 Å². The second-order valence-electron chi connectivity index (χ2n) is 3.01. The third-order valence-corrected chi connectivity index (χ3v) is 1.73. The van der Waals surface area contributed by atoms with Gasteiger partial charge in [-0.05, 0) is 19.9 Å². The number of alkyl halides is 3. The van der Waals surface area contributed by atoms with Crippen LogP contribution in [0.2, 0.25) is 0 Å². The van der Waals surface area contributed by atoms with E-state index in [1.165, 1.54) is 7.05 Å². The van der Waals surface area contributed by atoms with Gasteiger partial charge >= 0.3 is 6.18 Å². The van der Waals surface area contributed by atoms with Gasteiger partial charge in [0.25, 0.3) is 0 Å². The van der Waals surface area contributed by atoms with Gasteiger partial charge in [-0.3, -0.25) is 4.79 Å². The lowest BCUT2D eigenvalue weighted by Crippen LogP contribution is -2.41. The molecule has 0 bridgehead atoms. The third kappa shape index (κ3) is 6.71. The van der Waals surface area contributed by atoms with Gasteiger partial charge in [0.15, 0.2) is 0 Å². The molecule has 1 unspecified atom stereocenters. The van der Waals surface area contributed by atoms with Crippen molar-refractivity contribution in [1.29, 1.82) is 0 Å². The van der Waals surface area contributed by atoms with E-state index >= 15 is 0 Å². The summed E-state index contributed by atoms with van der Waals surface area (Å²) in [5.41, 5.74) is 0. The molecule has 0 aromatic rings. The molecule has 0 aliphatic rings. The predicted molar refractivity (Wildman–Crippen MR) is 46.8 cm³/mol. The summed E-state index contributed by atoms with van der Waals surface area (Å²) in [5.74, 6) is -0.225. The summed E-state index contributed by atoms with van der Waals surface area (Å²) < 4.78 is 35.1. The first-order chi connectivity index (χ1) is 6.37. The van der Waals surface area contributed by atoms with Crippen LogP contribution in [0.3, 0.4) is 0 Å². The average Bonchev–Trinajstić information content (AvgIpc) is 2.09. The van der Waals surface area contributed by atoms with E-state index in [9.17, 15) is 18.0 Å². The van der Waals surface area contributed by atoms with Gasteiger partial charge in [0.1, 0.15) is 0 Å². The summed E-state index contributed by atoms with van der Waals surface area (Å²) in [7, 11) is 1.48. The monoisotopic (exact) mass is 212 g/mol. The first-order valence-electron chi connectivity index (χ1n) is 4.38. The van der Waals surface area contributed by atoms with Gasteiger partial charge in [-0.15, -0.1) is 0 Å². The highest BCUT2D eigenvalue weighted by atomic mass is 19.4. The molecular weight excluding hydrogens is 197 g/mol. The lowest BCUT2D eigenvalue weighted by molar-refractivity contribution is -0.135. The first kappa shape index (κ1) is 13.2. The maximum Gasteiger partial charge on any atom is 0.389 e. The second-order valence-corrected chi connectivity index (χ2v) is 3.01. The molecule has 3 nitrogen and oxygen atoms in total. The molecule has 0 aromatic carbocycles. The summed E-state index contributed by atoms with van der Waals surface area (Å²) >= 11 is 0. The molecule has 0 saturated heterocycles. The summed E-state index contributed by atoms with van der Waals surface area (Å²) in [6.45, 7) is 1.79. The lowest BCUT2D eigenvalue weighted by atomic mass is 10.2. The van der Waals surface area contributed by atoms with E-state index in [0.717, 1.165) is 0 Å². The van der Waals surface area contributed by atoms with Crippen LogP contribution in [0.15, 0.2) is 0 Å². The molecule has 6 heteroatoms. The molecule has 0 rings (SSSR count). The van der Waals surface area contributed by atoms with Crippen LogP contribution in [0.25, 0.3) is 0 Å². The number of rotatable bonds is 5. The topological polar surface area (TPSA) is 41.1 Å². The summed E-state index contributed by atoms with van der Waals surface area (Å²) in [5, 5.41) is 5.09. The fraction of sp³-hybridized carbons (Fsp3) is 0.875. The number of hydrogen-bond acceptors (Lipinski definition) is 2. The molecule has 0 spiro atoms. The zero-order valence-corrected chi connectivity index (χ0v) is 8.24. The third-order valence-electron chi connectivity index (χ3n) is 1.73. The summed E-state index contributed by atoms with van der Waals surface area (Å²) in [6.07, 6.45) is -4.94. The summed E-state index contributed by atoms with van der Waals surface area (Å²) in [4.78, 5) is 10.9. The maximum atomic E-state index is 11.7. The van der Waals surface area contributed by atoms with E-state index in [-0.39, 0.29) is 18.9 Å². The number of likely N-dealkylation sites (N-methyl/N-ethyl adjacent to an activating group) is 1. The Morgan fingerprint density at radius 1 is 1.43 bits per heavy atom. The number of amides is 1. The molecule has 84 valence electrons. The van der Waals surface area contributed by atoms with Crippen LogP contribution in [0.5, 0.6) is 0 Å². The fourth-order valence-electron chi connectivity index (χ4n) is 0.917. The van der Waals surface area contributed by atoms with Crippen molar-refractivity contribution in [1.82, 2.24) is 10.6 Å². The van der Waals surface area contributed by atoms with E-state index in [4.69, 9.17) is 0 Å². The number of carbonyl (C=O) groups excluding carboxylic acids is 1. The number of nitrogens with one attached hydrogen (secondary N) is 2. The van der Waals surface area contributed by atoms with Crippen LogP contribution in [-0.2, 0) is 4.79 Å². The molecule has 1 amide bonds. The van der Waals surface area contributed by atoms with Gasteiger partial charge in [-0.2, -0.15) is 13.2 Å². The molecule has 0 aliphatic carbocycles. The van der Waals surface area contributed by atoms with Crippen LogP contribution in [-0.4, -0.2) is 31.7 Å². The minimum atomic E-state index is -4.11. The Hall–Kier alpha value is -0.780. The maximum absolute atomic E-state index is 11.7. The van der Waals surface area contributed by atoms with Crippen molar-refractivity contribution in [3.05, 3.63) is 0 Å². The van der Waals surface area contributed by atoms with Crippen LogP contribution < -0.4 is 10.6 Å². The van der Waals surface area contributed by atoms with Gasteiger partial charge in [-0.25, -0.2) is 0 Å².